The SMILES string of the molecule is CCOC(=O)C1=C(C)N=c2[nH]/c(=C\c3ccc(-c4ccc(C)c([N+](=O)[O-])c4)[nH]3)c(=O)n2C1c1ccc(OC)cc1. The third-order valence-corrected chi connectivity index (χ3v) is 6.77. The molecule has 2 aromatic carbocycles. The molecule has 11 heteroatoms. The number of nitro groups is 1. The van der Waals surface area contributed by atoms with Gasteiger partial charge in [-0.25, -0.2) is 9.79 Å². The molecule has 1 unspecified atom stereocenters. The first-order chi connectivity index (χ1) is 19.2. The van der Waals surface area contributed by atoms with Gasteiger partial charge in [0.25, 0.3) is 11.2 Å². The number of aromatic amines is 2. The van der Waals surface area contributed by atoms with Crippen molar-refractivity contribution in [2.24, 2.45) is 4.99 Å². The highest BCUT2D eigenvalue weighted by molar-refractivity contribution is 5.91. The van der Waals surface area contributed by atoms with Gasteiger partial charge in [0.2, 0.25) is 5.62 Å². The molecule has 40 heavy (non-hydrogen) atoms. The lowest BCUT2D eigenvalue weighted by Crippen LogP contribution is -2.40. The minimum absolute atomic E-state index is 0.0272. The van der Waals surface area contributed by atoms with E-state index < -0.39 is 16.9 Å². The molecule has 2 aromatic heterocycles. The first-order valence-electron chi connectivity index (χ1n) is 12.6. The van der Waals surface area contributed by atoms with E-state index in [0.29, 0.717) is 45.1 Å². The molecule has 0 saturated carbocycles. The number of rotatable bonds is 7. The molecule has 1 aliphatic rings. The summed E-state index contributed by atoms with van der Waals surface area (Å²) in [6.45, 7) is 5.29. The van der Waals surface area contributed by atoms with E-state index in [0.717, 1.165) is 0 Å². The second kappa shape index (κ2) is 10.5. The topological polar surface area (TPSA) is 145 Å². The molecule has 1 atom stereocenters. The zero-order chi connectivity index (χ0) is 28.6. The van der Waals surface area contributed by atoms with Crippen molar-refractivity contribution in [2.45, 2.75) is 26.8 Å². The summed E-state index contributed by atoms with van der Waals surface area (Å²) in [5, 5.41) is 11.6. The number of imidazole rings is 1. The number of hydrogen-bond donors (Lipinski definition) is 2. The summed E-state index contributed by atoms with van der Waals surface area (Å²) in [7, 11) is 1.56. The largest absolute Gasteiger partial charge is 0.497 e. The van der Waals surface area contributed by atoms with Gasteiger partial charge in [0.15, 0.2) is 0 Å². The molecular formula is C29H27N5O6. The monoisotopic (exact) mass is 541 g/mol. The van der Waals surface area contributed by atoms with E-state index in [1.165, 1.54) is 10.6 Å². The molecule has 11 nitrogen and oxygen atoms in total. The molecule has 204 valence electrons. The lowest BCUT2D eigenvalue weighted by atomic mass is 9.96. The molecule has 0 bridgehead atoms. The number of nitro benzene ring substituents is 1. The van der Waals surface area contributed by atoms with Gasteiger partial charge in [-0.2, -0.15) is 0 Å². The van der Waals surface area contributed by atoms with Crippen LogP contribution in [0.25, 0.3) is 17.3 Å². The third kappa shape index (κ3) is 4.73. The number of allylic oxidation sites excluding steroid dienone is 1. The zero-order valence-corrected chi connectivity index (χ0v) is 22.3. The molecule has 0 fully saturated rings. The molecule has 0 saturated heterocycles. The number of aryl methyl sites for hydroxylation is 1. The van der Waals surface area contributed by atoms with Gasteiger partial charge >= 0.3 is 5.97 Å². The summed E-state index contributed by atoms with van der Waals surface area (Å²) in [6.07, 6.45) is 1.64. The van der Waals surface area contributed by atoms with Gasteiger partial charge in [-0.15, -0.1) is 0 Å². The van der Waals surface area contributed by atoms with Gasteiger partial charge in [-0.1, -0.05) is 24.3 Å². The van der Waals surface area contributed by atoms with E-state index in [2.05, 4.69) is 15.0 Å². The fourth-order valence-corrected chi connectivity index (χ4v) is 4.79. The van der Waals surface area contributed by atoms with Crippen LogP contribution in [0.15, 0.2) is 75.7 Å². The Balaban J connectivity index is 1.61. The fourth-order valence-electron chi connectivity index (χ4n) is 4.79. The predicted octanol–water partition coefficient (Wildman–Crippen LogP) is 3.29. The zero-order valence-electron chi connectivity index (χ0n) is 22.3. The molecule has 4 aromatic rings. The Bertz CT molecular complexity index is 1840. The van der Waals surface area contributed by atoms with E-state index in [-0.39, 0.29) is 28.8 Å². The highest BCUT2D eigenvalue weighted by Crippen LogP contribution is 2.31. The number of ether oxygens (including phenoxy) is 2. The van der Waals surface area contributed by atoms with Crippen molar-refractivity contribution in [1.82, 2.24) is 14.5 Å². The normalized spacial score (nSPS) is 15.0. The average molecular weight is 542 g/mol. The van der Waals surface area contributed by atoms with Crippen molar-refractivity contribution in [2.75, 3.05) is 13.7 Å². The van der Waals surface area contributed by atoms with Gasteiger partial charge in [0, 0.05) is 28.6 Å². The molecule has 3 heterocycles. The maximum Gasteiger partial charge on any atom is 0.338 e. The number of fused-ring (bicyclic) bond motifs is 1. The van der Waals surface area contributed by atoms with Gasteiger partial charge in [0.1, 0.15) is 11.1 Å². The molecule has 1 aliphatic heterocycles. The molecule has 0 spiro atoms. The summed E-state index contributed by atoms with van der Waals surface area (Å²) < 4.78 is 12.0. The predicted molar refractivity (Wildman–Crippen MR) is 147 cm³/mol. The first kappa shape index (κ1) is 26.4. The van der Waals surface area contributed by atoms with Crippen LogP contribution in [0.4, 0.5) is 5.69 Å². The molecule has 2 N–H and O–H groups in total. The van der Waals surface area contributed by atoms with Gasteiger partial charge in [-0.05, 0) is 56.7 Å². The van der Waals surface area contributed by atoms with Crippen molar-refractivity contribution in [3.8, 4) is 17.0 Å². The van der Waals surface area contributed by atoms with Gasteiger partial charge in [-0.3, -0.25) is 19.5 Å². The van der Waals surface area contributed by atoms with Crippen LogP contribution >= 0.6 is 0 Å². The Morgan fingerprint density at radius 1 is 1.12 bits per heavy atom. The number of carbonyl (C=O) groups is 1. The van der Waals surface area contributed by atoms with Crippen molar-refractivity contribution in [3.63, 3.8) is 0 Å². The number of benzene rings is 2. The van der Waals surface area contributed by atoms with E-state index >= 15 is 0 Å². The molecule has 0 radical (unpaired) electrons. The van der Waals surface area contributed by atoms with E-state index in [9.17, 15) is 19.7 Å². The van der Waals surface area contributed by atoms with E-state index in [4.69, 9.17) is 9.47 Å². The average Bonchev–Trinajstić information content (AvgIpc) is 3.52. The van der Waals surface area contributed by atoms with Crippen molar-refractivity contribution in [1.29, 1.82) is 0 Å². The second-order valence-electron chi connectivity index (χ2n) is 9.27. The second-order valence-corrected chi connectivity index (χ2v) is 9.27. The molecular weight excluding hydrogens is 514 g/mol. The third-order valence-electron chi connectivity index (χ3n) is 6.77. The number of H-pyrrole nitrogens is 2. The number of carbonyl (C=O) groups excluding carboxylic acids is 1. The lowest BCUT2D eigenvalue weighted by molar-refractivity contribution is -0.385. The Morgan fingerprint density at radius 3 is 2.55 bits per heavy atom. The first-order valence-corrected chi connectivity index (χ1v) is 12.6. The fraction of sp³-hybridized carbons (Fsp3) is 0.207. The Morgan fingerprint density at radius 2 is 1.88 bits per heavy atom. The van der Waals surface area contributed by atoms with Crippen molar-refractivity contribution < 1.29 is 19.2 Å². The smallest absolute Gasteiger partial charge is 0.338 e. The van der Waals surface area contributed by atoms with Gasteiger partial charge < -0.3 is 19.4 Å². The van der Waals surface area contributed by atoms with E-state index in [1.807, 2.05) is 0 Å². The van der Waals surface area contributed by atoms with E-state index in [1.54, 1.807) is 82.5 Å². The maximum absolute atomic E-state index is 13.7. The standard InChI is InChI=1S/C29H27N5O6/c1-5-40-28(36)25-17(3)30-29-32-23(27(35)33(29)26(25)18-8-11-21(39-4)12-9-18)15-20-10-13-22(31-20)19-7-6-16(2)24(14-19)34(37)38/h6-15,26,31H,5H2,1-4H3,(H,30,32)/b23-15-. The summed E-state index contributed by atoms with van der Waals surface area (Å²) in [5.74, 6) is 0.0924. The van der Waals surface area contributed by atoms with Crippen LogP contribution in [0, 0.1) is 17.0 Å². The quantitative estimate of drug-likeness (QED) is 0.209. The number of nitrogens with one attached hydrogen (secondary N) is 2. The molecule has 5 rings (SSSR count). The van der Waals surface area contributed by atoms with Crippen LogP contribution in [0.2, 0.25) is 0 Å². The highest BCUT2D eigenvalue weighted by atomic mass is 16.6. The van der Waals surface area contributed by atoms with Crippen molar-refractivity contribution >= 4 is 17.7 Å². The highest BCUT2D eigenvalue weighted by Gasteiger charge is 2.33. The number of methoxy groups -OCH3 is 1. The summed E-state index contributed by atoms with van der Waals surface area (Å²) in [4.78, 5) is 48.5. The van der Waals surface area contributed by atoms with Crippen molar-refractivity contribution in [3.05, 3.63) is 114 Å². The number of esters is 1. The Kier molecular flexibility index (Phi) is 6.95. The molecule has 0 amide bonds. The minimum Gasteiger partial charge on any atom is -0.497 e. The summed E-state index contributed by atoms with van der Waals surface area (Å²) in [5.41, 5.74) is 3.82. The Hall–Kier alpha value is -5.19. The number of aromatic nitrogens is 3. The van der Waals surface area contributed by atoms with Crippen LogP contribution in [0.3, 0.4) is 0 Å². The van der Waals surface area contributed by atoms with Crippen LogP contribution < -0.4 is 21.3 Å². The van der Waals surface area contributed by atoms with Gasteiger partial charge in [0.05, 0.1) is 36.0 Å². The van der Waals surface area contributed by atoms with Crippen LogP contribution in [0.5, 0.6) is 5.75 Å². The van der Waals surface area contributed by atoms with Crippen LogP contribution in [-0.2, 0) is 9.53 Å². The summed E-state index contributed by atoms with van der Waals surface area (Å²) >= 11 is 0. The molecule has 0 aliphatic carbocycles. The maximum atomic E-state index is 13.7. The Labute approximate surface area is 228 Å². The van der Waals surface area contributed by atoms with Crippen LogP contribution in [-0.4, -0.2) is 39.1 Å². The lowest BCUT2D eigenvalue weighted by Gasteiger charge is -2.24. The minimum atomic E-state index is -0.768. The number of nitrogens with zero attached hydrogens (tertiary/aromatic N) is 3. The van der Waals surface area contributed by atoms with Crippen LogP contribution in [0.1, 0.15) is 36.7 Å². The number of hydrogen-bond acceptors (Lipinski definition) is 7. The summed E-state index contributed by atoms with van der Waals surface area (Å²) in [6, 6.07) is 14.9.